The molecule has 37 heavy (non-hydrogen) atoms. The van der Waals surface area contributed by atoms with Crippen molar-refractivity contribution in [2.24, 2.45) is 10.2 Å². The number of nitrogens with one attached hydrogen (secondary N) is 1. The zero-order chi connectivity index (χ0) is 27.6. The number of nitrogens with zero attached hydrogens (tertiary/aromatic N) is 2. The van der Waals surface area contributed by atoms with E-state index in [0.29, 0.717) is 0 Å². The standard InChI is InChI=1S/C20H19N3O11S3/c1-12(24)21-14-6-5-13-9-18(36(28,29)30)19(20(25)17(13)11-14)23-22-15-3-2-4-16(10-15)35(26,27)8-7-34-37(31,32)33/h2-6,9-11,25H,7-8H2,1H3,(H,21,24)(H,28,29,30)(H,31,32,33)/b23-22+. The third-order valence-corrected chi connectivity index (χ3v) is 7.69. The van der Waals surface area contributed by atoms with E-state index in [1.165, 1.54) is 43.3 Å². The molecule has 0 unspecified atom stereocenters. The summed E-state index contributed by atoms with van der Waals surface area (Å²) in [7, 11) is -13.8. The molecule has 3 aromatic carbocycles. The lowest BCUT2D eigenvalue weighted by Gasteiger charge is -2.10. The summed E-state index contributed by atoms with van der Waals surface area (Å²) in [5.74, 6) is -1.89. The number of anilines is 1. The van der Waals surface area contributed by atoms with Crippen LogP contribution in [0.3, 0.4) is 0 Å². The summed E-state index contributed by atoms with van der Waals surface area (Å²) in [5, 5.41) is 21.0. The SMILES string of the molecule is CC(=O)Nc1ccc2cc(S(=O)(=O)O)c(/N=N/c3cccc(S(=O)(=O)CCOS(=O)(=O)O)c3)c(O)c2c1. The lowest BCUT2D eigenvalue weighted by molar-refractivity contribution is -0.114. The monoisotopic (exact) mass is 573 g/mol. The summed E-state index contributed by atoms with van der Waals surface area (Å²) in [4.78, 5) is 10.2. The van der Waals surface area contributed by atoms with Crippen LogP contribution in [0.15, 0.2) is 68.6 Å². The van der Waals surface area contributed by atoms with Gasteiger partial charge in [-0.1, -0.05) is 12.1 Å². The van der Waals surface area contributed by atoms with E-state index in [4.69, 9.17) is 4.55 Å². The van der Waals surface area contributed by atoms with Gasteiger partial charge in [0.15, 0.2) is 15.6 Å². The molecule has 0 heterocycles. The fraction of sp³-hybridized carbons (Fsp3) is 0.150. The lowest BCUT2D eigenvalue weighted by Crippen LogP contribution is -2.15. The molecule has 0 aromatic heterocycles. The first kappa shape index (κ1) is 28.1. The highest BCUT2D eigenvalue weighted by molar-refractivity contribution is 7.91. The first-order chi connectivity index (χ1) is 17.1. The first-order valence-corrected chi connectivity index (χ1v) is 14.4. The van der Waals surface area contributed by atoms with Gasteiger partial charge in [-0.25, -0.2) is 12.6 Å². The molecule has 3 aromatic rings. The van der Waals surface area contributed by atoms with Gasteiger partial charge in [-0.05, 0) is 41.8 Å². The quantitative estimate of drug-likeness (QED) is 0.215. The van der Waals surface area contributed by atoms with E-state index in [2.05, 4.69) is 19.7 Å². The van der Waals surface area contributed by atoms with Crippen LogP contribution >= 0.6 is 0 Å². The second-order valence-electron chi connectivity index (χ2n) is 7.43. The highest BCUT2D eigenvalue weighted by Gasteiger charge is 2.22. The van der Waals surface area contributed by atoms with Crippen LogP contribution in [-0.2, 0) is 39.3 Å². The van der Waals surface area contributed by atoms with E-state index in [0.717, 1.165) is 12.1 Å². The van der Waals surface area contributed by atoms with Crippen molar-refractivity contribution in [2.75, 3.05) is 17.7 Å². The Balaban J connectivity index is 2.04. The molecule has 1 amide bonds. The number of carbonyl (C=O) groups is 1. The Labute approximate surface area is 211 Å². The lowest BCUT2D eigenvalue weighted by atomic mass is 10.1. The average Bonchev–Trinajstić information content (AvgIpc) is 2.77. The Morgan fingerprint density at radius 3 is 2.30 bits per heavy atom. The summed E-state index contributed by atoms with van der Waals surface area (Å²) in [6.45, 7) is 0.414. The maximum Gasteiger partial charge on any atom is 0.397 e. The van der Waals surface area contributed by atoms with Crippen LogP contribution in [0.1, 0.15) is 6.92 Å². The molecule has 0 aliphatic heterocycles. The summed E-state index contributed by atoms with van der Waals surface area (Å²) >= 11 is 0. The van der Waals surface area contributed by atoms with Crippen molar-refractivity contribution >= 4 is 64.1 Å². The number of amides is 1. The maximum absolute atomic E-state index is 12.4. The minimum absolute atomic E-state index is 0.0720. The minimum Gasteiger partial charge on any atom is -0.505 e. The molecule has 0 fully saturated rings. The van der Waals surface area contributed by atoms with E-state index >= 15 is 0 Å². The predicted octanol–water partition coefficient (Wildman–Crippen LogP) is 2.76. The predicted molar refractivity (Wildman–Crippen MR) is 130 cm³/mol. The molecule has 17 heteroatoms. The average molecular weight is 574 g/mol. The number of hydrogen-bond donors (Lipinski definition) is 4. The van der Waals surface area contributed by atoms with Gasteiger partial charge in [-0.2, -0.15) is 21.9 Å². The maximum atomic E-state index is 12.4. The molecule has 3 rings (SSSR count). The Morgan fingerprint density at radius 1 is 0.973 bits per heavy atom. The summed E-state index contributed by atoms with van der Waals surface area (Å²) in [5.41, 5.74) is -0.469. The molecule has 0 bridgehead atoms. The number of aromatic hydroxyl groups is 1. The first-order valence-electron chi connectivity index (χ1n) is 9.98. The third-order valence-electron chi connectivity index (χ3n) is 4.68. The van der Waals surface area contributed by atoms with Gasteiger partial charge in [0.2, 0.25) is 5.91 Å². The van der Waals surface area contributed by atoms with Crippen molar-refractivity contribution < 1.29 is 48.4 Å². The normalized spacial score (nSPS) is 12.7. The van der Waals surface area contributed by atoms with Crippen LogP contribution in [0.5, 0.6) is 5.75 Å². The van der Waals surface area contributed by atoms with Crippen molar-refractivity contribution in [1.82, 2.24) is 0 Å². The van der Waals surface area contributed by atoms with Crippen LogP contribution in [0.2, 0.25) is 0 Å². The molecule has 0 saturated heterocycles. The second-order valence-corrected chi connectivity index (χ2v) is 12.0. The van der Waals surface area contributed by atoms with Gasteiger partial charge in [0.05, 0.1) is 22.9 Å². The highest BCUT2D eigenvalue weighted by atomic mass is 32.3. The number of benzene rings is 3. The number of fused-ring (bicyclic) bond motifs is 1. The van der Waals surface area contributed by atoms with Crippen LogP contribution in [0, 0.1) is 0 Å². The Morgan fingerprint density at radius 2 is 1.68 bits per heavy atom. The summed E-state index contributed by atoms with van der Waals surface area (Å²) < 4.78 is 92.3. The van der Waals surface area contributed by atoms with Crippen molar-refractivity contribution in [3.8, 4) is 5.75 Å². The fourth-order valence-corrected chi connectivity index (χ4v) is 5.31. The summed E-state index contributed by atoms with van der Waals surface area (Å²) in [6, 6.07) is 10.0. The van der Waals surface area contributed by atoms with Gasteiger partial charge in [-0.3, -0.25) is 13.9 Å². The fourth-order valence-electron chi connectivity index (χ4n) is 3.13. The zero-order valence-electron chi connectivity index (χ0n) is 18.8. The van der Waals surface area contributed by atoms with E-state index in [9.17, 15) is 39.7 Å². The molecule has 0 atom stereocenters. The van der Waals surface area contributed by atoms with Crippen molar-refractivity contribution in [1.29, 1.82) is 0 Å². The number of sulfone groups is 1. The molecule has 0 saturated carbocycles. The van der Waals surface area contributed by atoms with Gasteiger partial charge in [0, 0.05) is 18.0 Å². The van der Waals surface area contributed by atoms with Gasteiger partial charge in [0.1, 0.15) is 10.6 Å². The Kier molecular flexibility index (Phi) is 7.96. The Hall–Kier alpha value is -3.48. The topological polar surface area (TPSA) is 226 Å². The van der Waals surface area contributed by atoms with Crippen LogP contribution in [0.25, 0.3) is 10.8 Å². The van der Waals surface area contributed by atoms with Crippen molar-refractivity contribution in [2.45, 2.75) is 16.7 Å². The molecule has 198 valence electrons. The van der Waals surface area contributed by atoms with Crippen LogP contribution in [0.4, 0.5) is 17.1 Å². The summed E-state index contributed by atoms with van der Waals surface area (Å²) in [6.07, 6.45) is 0. The van der Waals surface area contributed by atoms with Gasteiger partial charge in [0.25, 0.3) is 10.1 Å². The molecule has 4 N–H and O–H groups in total. The van der Waals surface area contributed by atoms with Crippen molar-refractivity contribution in [3.05, 3.63) is 48.5 Å². The molecule has 14 nitrogen and oxygen atoms in total. The highest BCUT2D eigenvalue weighted by Crippen LogP contribution is 2.42. The smallest absolute Gasteiger partial charge is 0.397 e. The molecular formula is C20H19N3O11S3. The van der Waals surface area contributed by atoms with Crippen LogP contribution < -0.4 is 5.32 Å². The zero-order valence-corrected chi connectivity index (χ0v) is 21.2. The second kappa shape index (κ2) is 10.5. The van der Waals surface area contributed by atoms with E-state index in [1.807, 2.05) is 0 Å². The minimum atomic E-state index is -4.90. The number of phenolic OH excluding ortho intramolecular Hbond substituents is 1. The van der Waals surface area contributed by atoms with Gasteiger partial charge < -0.3 is 10.4 Å². The Bertz CT molecular complexity index is 1730. The van der Waals surface area contributed by atoms with Crippen LogP contribution in [-0.4, -0.2) is 57.7 Å². The van der Waals surface area contributed by atoms with E-state index < -0.39 is 65.0 Å². The number of phenols is 1. The molecular weight excluding hydrogens is 554 g/mol. The van der Waals surface area contributed by atoms with Gasteiger partial charge >= 0.3 is 10.4 Å². The largest absolute Gasteiger partial charge is 0.505 e. The number of carbonyl (C=O) groups excluding carboxylic acids is 1. The van der Waals surface area contributed by atoms with E-state index in [-0.39, 0.29) is 27.0 Å². The van der Waals surface area contributed by atoms with E-state index in [1.54, 1.807) is 0 Å². The number of rotatable bonds is 9. The van der Waals surface area contributed by atoms with Crippen molar-refractivity contribution in [3.63, 3.8) is 0 Å². The molecule has 0 aliphatic carbocycles. The number of hydrogen-bond acceptors (Lipinski definition) is 11. The van der Waals surface area contributed by atoms with Gasteiger partial charge in [-0.15, -0.1) is 5.11 Å². The molecule has 0 radical (unpaired) electrons. The number of azo groups is 1. The molecule has 0 aliphatic rings. The third kappa shape index (κ3) is 7.28. The molecule has 0 spiro atoms.